The van der Waals surface area contributed by atoms with Gasteiger partial charge in [0, 0.05) is 16.8 Å². The lowest BCUT2D eigenvalue weighted by Gasteiger charge is -2.11. The summed E-state index contributed by atoms with van der Waals surface area (Å²) >= 11 is 2.75. The number of nitrogen functional groups attached to an aromatic ring is 1. The Morgan fingerprint density at radius 3 is 2.71 bits per heavy atom. The summed E-state index contributed by atoms with van der Waals surface area (Å²) in [5.74, 6) is 0.881. The zero-order chi connectivity index (χ0) is 21.8. The average molecular weight is 451 g/mol. The summed E-state index contributed by atoms with van der Waals surface area (Å²) in [6.45, 7) is 3.98. The van der Waals surface area contributed by atoms with Crippen molar-refractivity contribution in [1.29, 1.82) is 0 Å². The second-order valence-corrected chi connectivity index (χ2v) is 8.91. The first-order valence-corrected chi connectivity index (χ1v) is 11.6. The van der Waals surface area contributed by atoms with Crippen molar-refractivity contribution >= 4 is 39.8 Å². The van der Waals surface area contributed by atoms with Gasteiger partial charge in [-0.15, -0.1) is 21.5 Å². The fourth-order valence-electron chi connectivity index (χ4n) is 3.10. The number of hydrogen-bond acceptors (Lipinski definition) is 7. The van der Waals surface area contributed by atoms with Crippen molar-refractivity contribution in [1.82, 2.24) is 19.7 Å². The van der Waals surface area contributed by atoms with E-state index in [1.807, 2.05) is 72.3 Å². The number of aromatic nitrogens is 4. The molecule has 4 aromatic rings. The van der Waals surface area contributed by atoms with Gasteiger partial charge in [-0.1, -0.05) is 42.1 Å². The average Bonchev–Trinajstić information content (AvgIpc) is 3.35. The van der Waals surface area contributed by atoms with Gasteiger partial charge in [0.05, 0.1) is 17.9 Å². The first-order valence-electron chi connectivity index (χ1n) is 9.69. The third-order valence-electron chi connectivity index (χ3n) is 4.62. The Kier molecular flexibility index (Phi) is 6.34. The quantitative estimate of drug-likeness (QED) is 0.409. The van der Waals surface area contributed by atoms with E-state index in [0.717, 1.165) is 34.0 Å². The zero-order valence-corrected chi connectivity index (χ0v) is 18.8. The SMILES string of the molecule is Cc1ccc(C)c(NC(=O)CSc2nnc(Cc3csc(N)n3)n2-c2ccccc2)c1. The maximum absolute atomic E-state index is 12.6. The lowest BCUT2D eigenvalue weighted by Crippen LogP contribution is -2.15. The van der Waals surface area contributed by atoms with Gasteiger partial charge in [-0.25, -0.2) is 4.98 Å². The number of carbonyl (C=O) groups excluding carboxylic acids is 1. The highest BCUT2D eigenvalue weighted by atomic mass is 32.2. The molecule has 0 aliphatic carbocycles. The molecule has 0 unspecified atom stereocenters. The summed E-state index contributed by atoms with van der Waals surface area (Å²) in [5.41, 5.74) is 10.5. The molecule has 158 valence electrons. The molecule has 0 spiro atoms. The van der Waals surface area contributed by atoms with Gasteiger partial charge in [0.25, 0.3) is 0 Å². The highest BCUT2D eigenvalue weighted by Gasteiger charge is 2.17. The van der Waals surface area contributed by atoms with E-state index in [-0.39, 0.29) is 11.7 Å². The highest BCUT2D eigenvalue weighted by Crippen LogP contribution is 2.25. The molecule has 1 amide bonds. The Balaban J connectivity index is 1.53. The number of nitrogens with two attached hydrogens (primary N) is 1. The van der Waals surface area contributed by atoms with Crippen LogP contribution in [-0.4, -0.2) is 31.4 Å². The number of benzene rings is 2. The fraction of sp³-hybridized carbons (Fsp3) is 0.182. The number of thiazole rings is 1. The van der Waals surface area contributed by atoms with Gasteiger partial charge in [0.15, 0.2) is 10.3 Å². The normalized spacial score (nSPS) is 10.9. The topological polar surface area (TPSA) is 98.7 Å². The van der Waals surface area contributed by atoms with E-state index in [2.05, 4.69) is 20.5 Å². The Hall–Kier alpha value is -3.17. The zero-order valence-electron chi connectivity index (χ0n) is 17.2. The van der Waals surface area contributed by atoms with Crippen molar-refractivity contribution in [2.45, 2.75) is 25.4 Å². The predicted octanol–water partition coefficient (Wildman–Crippen LogP) is 4.24. The van der Waals surface area contributed by atoms with Crippen LogP contribution in [0.2, 0.25) is 0 Å². The van der Waals surface area contributed by atoms with Crippen LogP contribution >= 0.6 is 23.1 Å². The van der Waals surface area contributed by atoms with Crippen LogP contribution in [-0.2, 0) is 11.2 Å². The van der Waals surface area contributed by atoms with Crippen molar-refractivity contribution in [3.63, 3.8) is 0 Å². The van der Waals surface area contributed by atoms with Crippen LogP contribution < -0.4 is 11.1 Å². The number of hydrogen-bond donors (Lipinski definition) is 2. The molecule has 0 bridgehead atoms. The van der Waals surface area contributed by atoms with E-state index >= 15 is 0 Å². The van der Waals surface area contributed by atoms with Crippen molar-refractivity contribution in [2.24, 2.45) is 0 Å². The molecule has 0 radical (unpaired) electrons. The number of para-hydroxylation sites is 1. The van der Waals surface area contributed by atoms with Gasteiger partial charge in [0.2, 0.25) is 5.91 Å². The van der Waals surface area contributed by atoms with Gasteiger partial charge in [-0.3, -0.25) is 9.36 Å². The predicted molar refractivity (Wildman–Crippen MR) is 126 cm³/mol. The number of amides is 1. The van der Waals surface area contributed by atoms with Gasteiger partial charge in [-0.05, 0) is 43.2 Å². The Bertz CT molecular complexity index is 1200. The van der Waals surface area contributed by atoms with Crippen LogP contribution in [0.1, 0.15) is 22.6 Å². The molecule has 2 aromatic carbocycles. The van der Waals surface area contributed by atoms with Crippen LogP contribution in [0.25, 0.3) is 5.69 Å². The van der Waals surface area contributed by atoms with Crippen molar-refractivity contribution in [3.05, 3.63) is 76.6 Å². The van der Waals surface area contributed by atoms with Gasteiger partial charge >= 0.3 is 0 Å². The summed E-state index contributed by atoms with van der Waals surface area (Å²) in [7, 11) is 0. The molecule has 0 saturated carbocycles. The molecule has 7 nitrogen and oxygen atoms in total. The third kappa shape index (κ3) is 5.12. The minimum atomic E-state index is -0.0878. The Labute approximate surface area is 188 Å². The van der Waals surface area contributed by atoms with Crippen LogP contribution in [0.5, 0.6) is 0 Å². The van der Waals surface area contributed by atoms with E-state index in [9.17, 15) is 4.79 Å². The standard InChI is InChI=1S/C22H22N6OS2/c1-14-8-9-15(2)18(10-14)25-20(29)13-31-22-27-26-19(11-16-12-30-21(23)24-16)28(22)17-6-4-3-5-7-17/h3-10,12H,11,13H2,1-2H3,(H2,23,24)(H,25,29). The van der Waals surface area contributed by atoms with E-state index < -0.39 is 0 Å². The second-order valence-electron chi connectivity index (χ2n) is 7.08. The van der Waals surface area contributed by atoms with E-state index in [0.29, 0.717) is 16.7 Å². The summed E-state index contributed by atoms with van der Waals surface area (Å²) in [4.78, 5) is 16.9. The first-order chi connectivity index (χ1) is 15.0. The number of carbonyl (C=O) groups is 1. The molecule has 2 heterocycles. The third-order valence-corrected chi connectivity index (χ3v) is 6.27. The minimum Gasteiger partial charge on any atom is -0.375 e. The largest absolute Gasteiger partial charge is 0.375 e. The van der Waals surface area contributed by atoms with Gasteiger partial charge in [0.1, 0.15) is 5.82 Å². The fourth-order valence-corrected chi connectivity index (χ4v) is 4.43. The molecule has 0 aliphatic rings. The molecular weight excluding hydrogens is 428 g/mol. The number of nitrogens with one attached hydrogen (secondary N) is 1. The Morgan fingerprint density at radius 2 is 1.97 bits per heavy atom. The molecule has 9 heteroatoms. The van der Waals surface area contributed by atoms with Crippen LogP contribution in [0.4, 0.5) is 10.8 Å². The summed E-state index contributed by atoms with van der Waals surface area (Å²) in [6, 6.07) is 15.9. The monoisotopic (exact) mass is 450 g/mol. The number of anilines is 2. The van der Waals surface area contributed by atoms with Gasteiger partial charge in [-0.2, -0.15) is 0 Å². The summed E-state index contributed by atoms with van der Waals surface area (Å²) < 4.78 is 1.96. The molecule has 3 N–H and O–H groups in total. The minimum absolute atomic E-state index is 0.0878. The molecule has 0 atom stereocenters. The molecule has 0 aliphatic heterocycles. The van der Waals surface area contributed by atoms with E-state index in [1.165, 1.54) is 23.1 Å². The lowest BCUT2D eigenvalue weighted by molar-refractivity contribution is -0.113. The molecule has 4 rings (SSSR count). The van der Waals surface area contributed by atoms with Crippen molar-refractivity contribution in [3.8, 4) is 5.69 Å². The van der Waals surface area contributed by atoms with Crippen LogP contribution in [0.3, 0.4) is 0 Å². The molecule has 2 aromatic heterocycles. The maximum Gasteiger partial charge on any atom is 0.234 e. The van der Waals surface area contributed by atoms with Crippen LogP contribution in [0.15, 0.2) is 59.1 Å². The molecular formula is C22H22N6OS2. The van der Waals surface area contributed by atoms with Gasteiger partial charge < -0.3 is 11.1 Å². The number of aryl methyl sites for hydroxylation is 2. The Morgan fingerprint density at radius 1 is 1.16 bits per heavy atom. The smallest absolute Gasteiger partial charge is 0.234 e. The summed E-state index contributed by atoms with van der Waals surface area (Å²) in [6.07, 6.45) is 0.505. The molecule has 0 fully saturated rings. The first kappa shape index (κ1) is 21.1. The van der Waals surface area contributed by atoms with Crippen molar-refractivity contribution in [2.75, 3.05) is 16.8 Å². The van der Waals surface area contributed by atoms with E-state index in [4.69, 9.17) is 5.73 Å². The highest BCUT2D eigenvalue weighted by molar-refractivity contribution is 7.99. The number of thioether (sulfide) groups is 1. The van der Waals surface area contributed by atoms with E-state index in [1.54, 1.807) is 0 Å². The summed E-state index contributed by atoms with van der Waals surface area (Å²) in [5, 5.41) is 14.8. The molecule has 0 saturated heterocycles. The second kappa shape index (κ2) is 9.32. The molecule has 31 heavy (non-hydrogen) atoms. The lowest BCUT2D eigenvalue weighted by atomic mass is 10.1. The number of rotatable bonds is 7. The van der Waals surface area contributed by atoms with Crippen LogP contribution in [0, 0.1) is 13.8 Å². The maximum atomic E-state index is 12.6. The van der Waals surface area contributed by atoms with Crippen molar-refractivity contribution < 1.29 is 4.79 Å². The number of nitrogens with zero attached hydrogens (tertiary/aromatic N) is 4.